The maximum Gasteiger partial charge on any atom is 0.193 e. The van der Waals surface area contributed by atoms with Gasteiger partial charge in [-0.15, -0.1) is 0 Å². The number of hydrogen-bond donors (Lipinski definition) is 1. The van der Waals surface area contributed by atoms with Crippen LogP contribution in [0.3, 0.4) is 0 Å². The fraction of sp³-hybridized carbons (Fsp3) is 0.929. The van der Waals surface area contributed by atoms with E-state index < -0.39 is 0 Å². The molecule has 0 aromatic carbocycles. The number of rotatable bonds is 1. The van der Waals surface area contributed by atoms with Crippen molar-refractivity contribution in [3.05, 3.63) is 0 Å². The van der Waals surface area contributed by atoms with Crippen LogP contribution in [0.15, 0.2) is 4.99 Å². The number of fused-ring (bicyclic) bond motifs is 2. The zero-order valence-corrected chi connectivity index (χ0v) is 11.2. The van der Waals surface area contributed by atoms with Crippen molar-refractivity contribution in [3.8, 4) is 0 Å². The van der Waals surface area contributed by atoms with Crippen molar-refractivity contribution in [1.82, 2.24) is 0 Å². The van der Waals surface area contributed by atoms with E-state index in [1.807, 2.05) is 0 Å². The average molecular weight is 237 g/mol. The Morgan fingerprint density at radius 2 is 2.06 bits per heavy atom. The van der Waals surface area contributed by atoms with Gasteiger partial charge in [-0.3, -0.25) is 0 Å². The molecule has 5 unspecified atom stereocenters. The number of aliphatic hydroxyl groups excluding tert-OH is 1. The van der Waals surface area contributed by atoms with E-state index in [2.05, 4.69) is 27.7 Å². The first-order valence-corrected chi connectivity index (χ1v) is 6.82. The smallest absolute Gasteiger partial charge is 0.193 e. The maximum atomic E-state index is 10.5. The Bertz CT molecular complexity index is 376. The van der Waals surface area contributed by atoms with Crippen LogP contribution in [0.25, 0.3) is 0 Å². The summed E-state index contributed by atoms with van der Waals surface area (Å²) in [5, 5.41) is 10.5. The van der Waals surface area contributed by atoms with Crippen molar-refractivity contribution in [2.75, 3.05) is 0 Å². The second-order valence-corrected chi connectivity index (χ2v) is 6.68. The molecule has 5 atom stereocenters. The SMILES string of the molecule is CC1N=C(C23CCC(CC2O)C3(C)C)OC1C. The van der Waals surface area contributed by atoms with Gasteiger partial charge in [-0.2, -0.15) is 0 Å². The van der Waals surface area contributed by atoms with Gasteiger partial charge in [-0.05, 0) is 44.4 Å². The predicted molar refractivity (Wildman–Crippen MR) is 67.0 cm³/mol. The topological polar surface area (TPSA) is 41.8 Å². The molecule has 2 fully saturated rings. The largest absolute Gasteiger partial charge is 0.475 e. The van der Waals surface area contributed by atoms with Gasteiger partial charge in [0.1, 0.15) is 6.10 Å². The van der Waals surface area contributed by atoms with Gasteiger partial charge in [-0.1, -0.05) is 13.8 Å². The lowest BCUT2D eigenvalue weighted by molar-refractivity contribution is 0.0300. The first-order chi connectivity index (χ1) is 7.89. The van der Waals surface area contributed by atoms with Crippen molar-refractivity contribution in [3.63, 3.8) is 0 Å². The first kappa shape index (κ1) is 11.5. The highest BCUT2D eigenvalue weighted by Gasteiger charge is 2.68. The molecule has 0 aromatic rings. The highest BCUT2D eigenvalue weighted by molar-refractivity contribution is 5.87. The number of aliphatic hydroxyl groups is 1. The summed E-state index contributed by atoms with van der Waals surface area (Å²) >= 11 is 0. The summed E-state index contributed by atoms with van der Waals surface area (Å²) in [4.78, 5) is 4.70. The monoisotopic (exact) mass is 237 g/mol. The van der Waals surface area contributed by atoms with E-state index in [9.17, 15) is 5.11 Å². The van der Waals surface area contributed by atoms with Gasteiger partial charge in [0.2, 0.25) is 0 Å². The fourth-order valence-corrected chi connectivity index (χ4v) is 4.27. The van der Waals surface area contributed by atoms with Crippen molar-refractivity contribution in [1.29, 1.82) is 0 Å². The quantitative estimate of drug-likeness (QED) is 0.760. The second-order valence-electron chi connectivity index (χ2n) is 6.68. The summed E-state index contributed by atoms with van der Waals surface area (Å²) in [7, 11) is 0. The van der Waals surface area contributed by atoms with Crippen molar-refractivity contribution in [2.45, 2.75) is 65.2 Å². The number of ether oxygens (including phenoxy) is 1. The lowest BCUT2D eigenvalue weighted by Crippen LogP contribution is -2.46. The molecule has 1 heterocycles. The Balaban J connectivity index is 2.03. The van der Waals surface area contributed by atoms with Gasteiger partial charge in [-0.25, -0.2) is 4.99 Å². The lowest BCUT2D eigenvalue weighted by atomic mass is 9.68. The molecule has 3 aliphatic rings. The predicted octanol–water partition coefficient (Wildman–Crippen LogP) is 2.38. The Morgan fingerprint density at radius 1 is 1.35 bits per heavy atom. The van der Waals surface area contributed by atoms with Gasteiger partial charge >= 0.3 is 0 Å². The molecule has 3 heteroatoms. The van der Waals surface area contributed by atoms with Crippen LogP contribution in [0.2, 0.25) is 0 Å². The highest BCUT2D eigenvalue weighted by atomic mass is 16.5. The molecule has 3 rings (SSSR count). The van der Waals surface area contributed by atoms with Crippen LogP contribution in [-0.2, 0) is 4.74 Å². The standard InChI is InChI=1S/C14H23NO2/c1-8-9(2)17-12(15-8)14-6-5-10(7-11(14)16)13(14,3)4/h8-11,16H,5-7H2,1-4H3. The van der Waals surface area contributed by atoms with E-state index in [-0.39, 0.29) is 29.1 Å². The summed E-state index contributed by atoms with van der Waals surface area (Å²) in [6, 6.07) is 0.224. The van der Waals surface area contributed by atoms with E-state index in [1.54, 1.807) is 0 Å². The molecule has 17 heavy (non-hydrogen) atoms. The third-order valence-corrected chi connectivity index (χ3v) is 5.81. The molecule has 0 aromatic heterocycles. The van der Waals surface area contributed by atoms with Gasteiger partial charge in [0.15, 0.2) is 5.90 Å². The van der Waals surface area contributed by atoms with E-state index in [1.165, 1.54) is 6.42 Å². The fourth-order valence-electron chi connectivity index (χ4n) is 4.27. The van der Waals surface area contributed by atoms with Crippen molar-refractivity contribution in [2.24, 2.45) is 21.7 Å². The Morgan fingerprint density at radius 3 is 2.47 bits per heavy atom. The molecular weight excluding hydrogens is 214 g/mol. The van der Waals surface area contributed by atoms with Crippen LogP contribution in [0.4, 0.5) is 0 Å². The molecule has 0 spiro atoms. The molecule has 0 radical (unpaired) electrons. The van der Waals surface area contributed by atoms with Crippen LogP contribution in [-0.4, -0.2) is 29.3 Å². The lowest BCUT2D eigenvalue weighted by Gasteiger charge is -2.39. The molecule has 2 bridgehead atoms. The summed E-state index contributed by atoms with van der Waals surface area (Å²) in [6.45, 7) is 8.72. The Labute approximate surface area is 103 Å². The second kappa shape index (κ2) is 3.25. The zero-order chi connectivity index (χ0) is 12.4. The van der Waals surface area contributed by atoms with E-state index >= 15 is 0 Å². The Kier molecular flexibility index (Phi) is 2.20. The van der Waals surface area contributed by atoms with E-state index in [0.717, 1.165) is 18.7 Å². The van der Waals surface area contributed by atoms with Crippen molar-refractivity contribution < 1.29 is 9.84 Å². The molecule has 3 nitrogen and oxygen atoms in total. The summed E-state index contributed by atoms with van der Waals surface area (Å²) in [5.41, 5.74) is -0.0916. The summed E-state index contributed by atoms with van der Waals surface area (Å²) in [5.74, 6) is 1.46. The van der Waals surface area contributed by atoms with Crippen LogP contribution < -0.4 is 0 Å². The number of hydrogen-bond acceptors (Lipinski definition) is 3. The van der Waals surface area contributed by atoms with Crippen LogP contribution in [0.1, 0.15) is 47.0 Å². The highest BCUT2D eigenvalue weighted by Crippen LogP contribution is 2.66. The average Bonchev–Trinajstić information content (AvgIpc) is 2.76. The van der Waals surface area contributed by atoms with Gasteiger partial charge in [0.25, 0.3) is 0 Å². The molecular formula is C14H23NO2. The maximum absolute atomic E-state index is 10.5. The minimum atomic E-state index is -0.271. The molecule has 2 saturated carbocycles. The third kappa shape index (κ3) is 1.19. The molecule has 1 aliphatic heterocycles. The van der Waals surface area contributed by atoms with Crippen molar-refractivity contribution >= 4 is 5.90 Å². The minimum Gasteiger partial charge on any atom is -0.475 e. The third-order valence-electron chi connectivity index (χ3n) is 5.81. The zero-order valence-electron chi connectivity index (χ0n) is 11.2. The first-order valence-electron chi connectivity index (χ1n) is 6.82. The van der Waals surface area contributed by atoms with Gasteiger partial charge < -0.3 is 9.84 Å². The summed E-state index contributed by atoms with van der Waals surface area (Å²) < 4.78 is 5.97. The van der Waals surface area contributed by atoms with E-state index in [4.69, 9.17) is 9.73 Å². The van der Waals surface area contributed by atoms with Crippen LogP contribution in [0, 0.1) is 16.7 Å². The molecule has 2 aliphatic carbocycles. The molecule has 96 valence electrons. The minimum absolute atomic E-state index is 0.120. The molecule has 1 N–H and O–H groups in total. The van der Waals surface area contributed by atoms with Crippen LogP contribution in [0.5, 0.6) is 0 Å². The Hall–Kier alpha value is -0.570. The number of nitrogens with zero attached hydrogens (tertiary/aromatic N) is 1. The summed E-state index contributed by atoms with van der Waals surface area (Å²) in [6.07, 6.45) is 3.03. The normalized spacial score (nSPS) is 51.5. The molecule has 0 saturated heterocycles. The van der Waals surface area contributed by atoms with Gasteiger partial charge in [0.05, 0.1) is 17.6 Å². The van der Waals surface area contributed by atoms with Gasteiger partial charge in [0, 0.05) is 0 Å². The number of aliphatic imine (C=N–C) groups is 1. The molecule has 0 amide bonds. The van der Waals surface area contributed by atoms with Crippen LogP contribution >= 0.6 is 0 Å². The van der Waals surface area contributed by atoms with E-state index in [0.29, 0.717) is 5.92 Å².